The summed E-state index contributed by atoms with van der Waals surface area (Å²) in [5.74, 6) is 3.86. The highest BCUT2D eigenvalue weighted by Gasteiger charge is 2.13. The molecule has 24 heavy (non-hydrogen) atoms. The van der Waals surface area contributed by atoms with Gasteiger partial charge in [-0.2, -0.15) is 0 Å². The van der Waals surface area contributed by atoms with Crippen molar-refractivity contribution in [2.45, 2.75) is 18.4 Å². The summed E-state index contributed by atoms with van der Waals surface area (Å²) in [5.41, 5.74) is 1.94. The predicted octanol–water partition coefficient (Wildman–Crippen LogP) is 5.86. The maximum atomic E-state index is 5.77. The van der Waals surface area contributed by atoms with Crippen LogP contribution < -0.4 is 0 Å². The van der Waals surface area contributed by atoms with Crippen LogP contribution >= 0.6 is 34.4 Å². The van der Waals surface area contributed by atoms with E-state index in [4.69, 9.17) is 8.83 Å². The molecule has 4 nitrogen and oxygen atoms in total. The summed E-state index contributed by atoms with van der Waals surface area (Å²) < 4.78 is 11.3. The van der Waals surface area contributed by atoms with Gasteiger partial charge in [-0.25, -0.2) is 9.97 Å². The molecule has 0 bridgehead atoms. The lowest BCUT2D eigenvalue weighted by Crippen LogP contribution is -1.86. The molecule has 0 aliphatic carbocycles. The summed E-state index contributed by atoms with van der Waals surface area (Å²) in [5, 5.41) is 4.05. The summed E-state index contributed by atoms with van der Waals surface area (Å²) in [4.78, 5) is 11.3. The van der Waals surface area contributed by atoms with E-state index in [0.29, 0.717) is 11.8 Å². The Labute approximate surface area is 151 Å². The van der Waals surface area contributed by atoms with Gasteiger partial charge in [-0.15, -0.1) is 34.4 Å². The maximum Gasteiger partial charge on any atom is 0.236 e. The molecule has 0 aliphatic rings. The summed E-state index contributed by atoms with van der Waals surface area (Å²) >= 11 is 5.02. The third-order valence-corrected chi connectivity index (χ3v) is 6.09. The maximum absolute atomic E-state index is 5.77. The van der Waals surface area contributed by atoms with E-state index in [9.17, 15) is 0 Å². The number of aromatic nitrogens is 2. The minimum absolute atomic E-state index is 0.693. The van der Waals surface area contributed by atoms with Crippen LogP contribution in [0.3, 0.4) is 0 Å². The second kappa shape index (κ2) is 6.96. The first kappa shape index (κ1) is 15.7. The highest BCUT2D eigenvalue weighted by atomic mass is 32.2. The lowest BCUT2D eigenvalue weighted by molar-refractivity contribution is 0.542. The van der Waals surface area contributed by atoms with E-state index < -0.39 is 0 Å². The summed E-state index contributed by atoms with van der Waals surface area (Å²) in [6.07, 6.45) is 1.73. The van der Waals surface area contributed by atoms with Crippen LogP contribution in [0.25, 0.3) is 21.5 Å². The van der Waals surface area contributed by atoms with E-state index in [1.54, 1.807) is 40.7 Å². The lowest BCUT2D eigenvalue weighted by Gasteiger charge is -1.96. The van der Waals surface area contributed by atoms with E-state index >= 15 is 0 Å². The average Bonchev–Trinajstić information content (AvgIpc) is 3.36. The first-order chi connectivity index (χ1) is 11.8. The molecule has 4 rings (SSSR count). The average molecular weight is 375 g/mol. The van der Waals surface area contributed by atoms with Crippen molar-refractivity contribution >= 4 is 34.4 Å². The molecule has 0 amide bonds. The van der Waals surface area contributed by atoms with E-state index in [1.165, 1.54) is 0 Å². The molecule has 0 aromatic carbocycles. The van der Waals surface area contributed by atoms with Crippen molar-refractivity contribution in [3.8, 4) is 21.5 Å². The number of oxazole rings is 2. The minimum Gasteiger partial charge on any atom is -0.444 e. The number of thiophene rings is 2. The van der Waals surface area contributed by atoms with Crippen LogP contribution in [0.1, 0.15) is 17.1 Å². The SMILES string of the molecule is Cc1oc(-c2cccs2)nc1CSCc1coc(-c2cccs2)n1. The Bertz CT molecular complexity index is 908. The van der Waals surface area contributed by atoms with Crippen molar-refractivity contribution in [2.75, 3.05) is 0 Å². The van der Waals surface area contributed by atoms with Crippen molar-refractivity contribution in [1.82, 2.24) is 9.97 Å². The monoisotopic (exact) mass is 374 g/mol. The van der Waals surface area contributed by atoms with E-state index in [-0.39, 0.29) is 0 Å². The summed E-state index contributed by atoms with van der Waals surface area (Å²) in [6.45, 7) is 1.96. The van der Waals surface area contributed by atoms with Crippen LogP contribution in [0, 0.1) is 6.92 Å². The highest BCUT2D eigenvalue weighted by molar-refractivity contribution is 7.97. The number of thioether (sulfide) groups is 1. The van der Waals surface area contributed by atoms with E-state index in [1.807, 2.05) is 41.9 Å². The van der Waals surface area contributed by atoms with Gasteiger partial charge >= 0.3 is 0 Å². The molecule has 0 radical (unpaired) electrons. The van der Waals surface area contributed by atoms with Gasteiger partial charge in [-0.1, -0.05) is 12.1 Å². The lowest BCUT2D eigenvalue weighted by atomic mass is 10.4. The summed E-state index contributed by atoms with van der Waals surface area (Å²) in [7, 11) is 0. The normalized spacial score (nSPS) is 11.2. The first-order valence-electron chi connectivity index (χ1n) is 7.36. The Morgan fingerprint density at radius 1 is 1.00 bits per heavy atom. The highest BCUT2D eigenvalue weighted by Crippen LogP contribution is 2.29. The number of nitrogens with zero attached hydrogens (tertiary/aromatic N) is 2. The molecule has 0 atom stereocenters. The fraction of sp³-hybridized carbons (Fsp3) is 0.176. The zero-order valence-corrected chi connectivity index (χ0v) is 15.3. The number of hydrogen-bond acceptors (Lipinski definition) is 7. The van der Waals surface area contributed by atoms with Gasteiger partial charge in [-0.3, -0.25) is 0 Å². The van der Waals surface area contributed by atoms with Crippen molar-refractivity contribution in [3.63, 3.8) is 0 Å². The molecule has 0 N–H and O–H groups in total. The predicted molar refractivity (Wildman–Crippen MR) is 99.4 cm³/mol. The quantitative estimate of drug-likeness (QED) is 0.423. The molecular weight excluding hydrogens is 360 g/mol. The Kier molecular flexibility index (Phi) is 4.55. The van der Waals surface area contributed by atoms with Gasteiger partial charge in [-0.05, 0) is 29.8 Å². The van der Waals surface area contributed by atoms with Crippen LogP contribution in [0.2, 0.25) is 0 Å². The van der Waals surface area contributed by atoms with Gasteiger partial charge in [0, 0.05) is 11.5 Å². The molecular formula is C17H14N2O2S3. The van der Waals surface area contributed by atoms with Crippen LogP contribution in [-0.2, 0) is 11.5 Å². The molecule has 0 unspecified atom stereocenters. The molecule has 0 saturated heterocycles. The summed E-state index contributed by atoms with van der Waals surface area (Å²) in [6, 6.07) is 8.04. The van der Waals surface area contributed by atoms with Gasteiger partial charge in [0.05, 0.1) is 21.1 Å². The van der Waals surface area contributed by atoms with Gasteiger partial charge in [0.2, 0.25) is 11.8 Å². The molecule has 0 saturated carbocycles. The standard InChI is InChI=1S/C17H14N2O2S3/c1-11-13(19-17(21-11)15-5-3-7-24-15)10-22-9-12-8-20-16(18-12)14-4-2-6-23-14/h2-8H,9-10H2,1H3. The fourth-order valence-corrected chi connectivity index (χ4v) is 4.42. The molecule has 0 fully saturated rings. The Morgan fingerprint density at radius 3 is 2.46 bits per heavy atom. The molecule has 4 heterocycles. The molecule has 0 aliphatic heterocycles. The van der Waals surface area contributed by atoms with Crippen molar-refractivity contribution in [3.05, 3.63) is 58.4 Å². The largest absolute Gasteiger partial charge is 0.444 e. The van der Waals surface area contributed by atoms with Gasteiger partial charge in [0.15, 0.2) is 0 Å². The molecule has 7 heteroatoms. The van der Waals surface area contributed by atoms with E-state index in [2.05, 4.69) is 9.97 Å². The molecule has 4 aromatic rings. The smallest absolute Gasteiger partial charge is 0.236 e. The topological polar surface area (TPSA) is 52.1 Å². The Hall–Kier alpha value is -1.83. The fourth-order valence-electron chi connectivity index (χ4n) is 2.21. The van der Waals surface area contributed by atoms with E-state index in [0.717, 1.165) is 38.4 Å². The van der Waals surface area contributed by atoms with Crippen molar-refractivity contribution in [2.24, 2.45) is 0 Å². The van der Waals surface area contributed by atoms with Crippen molar-refractivity contribution in [1.29, 1.82) is 0 Å². The van der Waals surface area contributed by atoms with Crippen LogP contribution in [0.15, 0.2) is 50.1 Å². The zero-order chi connectivity index (χ0) is 16.4. The first-order valence-corrected chi connectivity index (χ1v) is 10.3. The number of rotatable bonds is 6. The second-order valence-corrected chi connectivity index (χ2v) is 7.99. The van der Waals surface area contributed by atoms with Crippen LogP contribution in [0.4, 0.5) is 0 Å². The van der Waals surface area contributed by atoms with Gasteiger partial charge in [0.25, 0.3) is 0 Å². The zero-order valence-electron chi connectivity index (χ0n) is 12.9. The van der Waals surface area contributed by atoms with Crippen LogP contribution in [-0.4, -0.2) is 9.97 Å². The molecule has 0 spiro atoms. The Morgan fingerprint density at radius 2 is 1.75 bits per heavy atom. The minimum atomic E-state index is 0.693. The van der Waals surface area contributed by atoms with Crippen molar-refractivity contribution < 1.29 is 8.83 Å². The van der Waals surface area contributed by atoms with Crippen LogP contribution in [0.5, 0.6) is 0 Å². The Balaban J connectivity index is 1.38. The number of hydrogen-bond donors (Lipinski definition) is 0. The second-order valence-electron chi connectivity index (χ2n) is 5.11. The third-order valence-electron chi connectivity index (χ3n) is 3.40. The molecule has 4 aromatic heterocycles. The number of aryl methyl sites for hydroxylation is 1. The third kappa shape index (κ3) is 3.33. The van der Waals surface area contributed by atoms with Gasteiger partial charge in [0.1, 0.15) is 12.0 Å². The molecule has 122 valence electrons. The van der Waals surface area contributed by atoms with Gasteiger partial charge < -0.3 is 8.83 Å².